The maximum atomic E-state index is 11.5. The van der Waals surface area contributed by atoms with Gasteiger partial charge in [0.05, 0.1) is 14.8 Å². The molecular weight excluding hydrogens is 365 g/mol. The van der Waals surface area contributed by atoms with Gasteiger partial charge in [0.15, 0.2) is 0 Å². The van der Waals surface area contributed by atoms with Gasteiger partial charge in [-0.15, -0.1) is 0 Å². The van der Waals surface area contributed by atoms with Crippen LogP contribution in [0.25, 0.3) is 10.9 Å². The van der Waals surface area contributed by atoms with E-state index >= 15 is 0 Å². The molecule has 0 fully saturated rings. The van der Waals surface area contributed by atoms with Crippen LogP contribution in [0.5, 0.6) is 0 Å². The van der Waals surface area contributed by atoms with Gasteiger partial charge in [-0.1, -0.05) is 48.5 Å². The monoisotopic (exact) mass is 377 g/mol. The number of aromatic carboxylic acids is 1. The second-order valence-corrected chi connectivity index (χ2v) is 5.58. The minimum absolute atomic E-state index is 0.386. The zero-order chi connectivity index (χ0) is 14.1. The lowest BCUT2D eigenvalue weighted by molar-refractivity contribution is 0.0697. The van der Waals surface area contributed by atoms with Gasteiger partial charge < -0.3 is 9.67 Å². The van der Waals surface area contributed by atoms with Crippen LogP contribution in [0.2, 0.25) is 0 Å². The molecule has 3 rings (SSSR count). The van der Waals surface area contributed by atoms with Crippen LogP contribution in [0.3, 0.4) is 0 Å². The summed E-state index contributed by atoms with van der Waals surface area (Å²) >= 11 is 2.12. The van der Waals surface area contributed by atoms with Gasteiger partial charge in [-0.25, -0.2) is 4.79 Å². The Morgan fingerprint density at radius 3 is 2.40 bits per heavy atom. The minimum atomic E-state index is -0.877. The molecule has 0 saturated carbocycles. The summed E-state index contributed by atoms with van der Waals surface area (Å²) in [5.74, 6) is -0.877. The standard InChI is InChI=1S/C16H12INO2/c17-15-14(16(19)20)12-8-4-5-9-13(12)18(15)10-11-6-2-1-3-7-11/h1-9H,10H2,(H,19,20). The second-order valence-electron chi connectivity index (χ2n) is 4.56. The number of rotatable bonds is 3. The number of carboxylic acid groups (broad SMARTS) is 1. The van der Waals surface area contributed by atoms with Crippen molar-refractivity contribution in [3.05, 3.63) is 69.4 Å². The maximum Gasteiger partial charge on any atom is 0.339 e. The van der Waals surface area contributed by atoms with E-state index in [4.69, 9.17) is 0 Å². The Balaban J connectivity index is 2.20. The summed E-state index contributed by atoms with van der Waals surface area (Å²) in [5, 5.41) is 10.2. The zero-order valence-electron chi connectivity index (χ0n) is 10.6. The molecule has 1 N–H and O–H groups in total. The van der Waals surface area contributed by atoms with Gasteiger partial charge in [0.25, 0.3) is 0 Å². The minimum Gasteiger partial charge on any atom is -0.478 e. The molecule has 100 valence electrons. The third kappa shape index (κ3) is 2.20. The van der Waals surface area contributed by atoms with E-state index in [0.717, 1.165) is 20.2 Å². The number of hydrogen-bond donors (Lipinski definition) is 1. The molecule has 0 saturated heterocycles. The van der Waals surface area contributed by atoms with Crippen molar-refractivity contribution in [1.82, 2.24) is 4.57 Å². The molecule has 0 atom stereocenters. The topological polar surface area (TPSA) is 42.2 Å². The number of carboxylic acids is 1. The predicted molar refractivity (Wildman–Crippen MR) is 87.2 cm³/mol. The zero-order valence-corrected chi connectivity index (χ0v) is 12.7. The molecule has 3 nitrogen and oxygen atoms in total. The maximum absolute atomic E-state index is 11.5. The van der Waals surface area contributed by atoms with Crippen molar-refractivity contribution >= 4 is 39.5 Å². The molecule has 4 heteroatoms. The summed E-state index contributed by atoms with van der Waals surface area (Å²) in [6, 6.07) is 17.7. The summed E-state index contributed by atoms with van der Waals surface area (Å²) in [4.78, 5) is 11.5. The number of aromatic nitrogens is 1. The number of nitrogens with zero attached hydrogens (tertiary/aromatic N) is 1. The van der Waals surface area contributed by atoms with Crippen molar-refractivity contribution in [2.24, 2.45) is 0 Å². The van der Waals surface area contributed by atoms with Gasteiger partial charge in [-0.05, 0) is 34.2 Å². The van der Waals surface area contributed by atoms with E-state index in [9.17, 15) is 9.90 Å². The Bertz CT molecular complexity index is 778. The average Bonchev–Trinajstić information content (AvgIpc) is 2.73. The molecule has 2 aromatic carbocycles. The van der Waals surface area contributed by atoms with E-state index in [-0.39, 0.29) is 0 Å². The molecule has 0 unspecified atom stereocenters. The van der Waals surface area contributed by atoms with Crippen LogP contribution in [0.1, 0.15) is 15.9 Å². The first kappa shape index (κ1) is 13.2. The first-order chi connectivity index (χ1) is 9.68. The molecule has 3 aromatic rings. The van der Waals surface area contributed by atoms with Crippen LogP contribution in [-0.4, -0.2) is 15.6 Å². The third-order valence-corrected chi connectivity index (χ3v) is 4.43. The Morgan fingerprint density at radius 2 is 1.70 bits per heavy atom. The average molecular weight is 377 g/mol. The number of fused-ring (bicyclic) bond motifs is 1. The lowest BCUT2D eigenvalue weighted by Crippen LogP contribution is -2.04. The Labute approximate surface area is 130 Å². The molecule has 0 aliphatic rings. The highest BCUT2D eigenvalue weighted by Gasteiger charge is 2.19. The first-order valence-corrected chi connectivity index (χ1v) is 7.30. The highest BCUT2D eigenvalue weighted by atomic mass is 127. The normalized spacial score (nSPS) is 10.8. The van der Waals surface area contributed by atoms with E-state index in [0.29, 0.717) is 12.1 Å². The molecular formula is C16H12INO2. The largest absolute Gasteiger partial charge is 0.478 e. The lowest BCUT2D eigenvalue weighted by Gasteiger charge is -2.07. The number of halogens is 1. The highest BCUT2D eigenvalue weighted by molar-refractivity contribution is 14.1. The summed E-state index contributed by atoms with van der Waals surface area (Å²) in [6.45, 7) is 0.674. The summed E-state index contributed by atoms with van der Waals surface area (Å²) in [6.07, 6.45) is 0. The van der Waals surface area contributed by atoms with Crippen LogP contribution < -0.4 is 0 Å². The van der Waals surface area contributed by atoms with E-state index in [2.05, 4.69) is 27.2 Å². The van der Waals surface area contributed by atoms with Crippen LogP contribution in [-0.2, 0) is 6.54 Å². The number of carbonyl (C=O) groups is 1. The van der Waals surface area contributed by atoms with Crippen molar-refractivity contribution in [2.45, 2.75) is 6.54 Å². The van der Waals surface area contributed by atoms with Crippen LogP contribution in [0, 0.1) is 3.70 Å². The van der Waals surface area contributed by atoms with Crippen molar-refractivity contribution in [2.75, 3.05) is 0 Å². The van der Waals surface area contributed by atoms with Crippen molar-refractivity contribution < 1.29 is 9.90 Å². The fraction of sp³-hybridized carbons (Fsp3) is 0.0625. The molecule has 1 heterocycles. The molecule has 0 aliphatic carbocycles. The fourth-order valence-electron chi connectivity index (χ4n) is 2.40. The van der Waals surface area contributed by atoms with Crippen LogP contribution >= 0.6 is 22.6 Å². The van der Waals surface area contributed by atoms with Gasteiger partial charge in [-0.3, -0.25) is 0 Å². The molecule has 0 amide bonds. The highest BCUT2D eigenvalue weighted by Crippen LogP contribution is 2.28. The van der Waals surface area contributed by atoms with Gasteiger partial charge in [0.2, 0.25) is 0 Å². The molecule has 0 radical (unpaired) electrons. The van der Waals surface area contributed by atoms with E-state index < -0.39 is 5.97 Å². The molecule has 0 bridgehead atoms. The molecule has 1 aromatic heterocycles. The quantitative estimate of drug-likeness (QED) is 0.702. The Hall–Kier alpha value is -1.82. The molecule has 0 aliphatic heterocycles. The summed E-state index contributed by atoms with van der Waals surface area (Å²) < 4.78 is 2.81. The van der Waals surface area contributed by atoms with Crippen molar-refractivity contribution in [1.29, 1.82) is 0 Å². The first-order valence-electron chi connectivity index (χ1n) is 6.22. The number of benzene rings is 2. The lowest BCUT2D eigenvalue weighted by atomic mass is 10.2. The fourth-order valence-corrected chi connectivity index (χ4v) is 3.35. The Kier molecular flexibility index (Phi) is 3.48. The predicted octanol–water partition coefficient (Wildman–Crippen LogP) is 3.99. The number of para-hydroxylation sites is 1. The smallest absolute Gasteiger partial charge is 0.339 e. The Morgan fingerprint density at radius 1 is 1.05 bits per heavy atom. The van der Waals surface area contributed by atoms with Crippen LogP contribution in [0.4, 0.5) is 0 Å². The van der Waals surface area contributed by atoms with Crippen LogP contribution in [0.15, 0.2) is 54.6 Å². The van der Waals surface area contributed by atoms with E-state index in [1.165, 1.54) is 0 Å². The second kappa shape index (κ2) is 5.28. The summed E-state index contributed by atoms with van der Waals surface area (Å²) in [7, 11) is 0. The van der Waals surface area contributed by atoms with Gasteiger partial charge in [0, 0.05) is 11.9 Å². The summed E-state index contributed by atoms with van der Waals surface area (Å²) in [5.41, 5.74) is 2.50. The van der Waals surface area contributed by atoms with Gasteiger partial charge >= 0.3 is 5.97 Å². The van der Waals surface area contributed by atoms with Gasteiger partial charge in [-0.2, -0.15) is 0 Å². The SMILES string of the molecule is O=C(O)c1c(I)n(Cc2ccccc2)c2ccccc12. The van der Waals surface area contributed by atoms with Crippen molar-refractivity contribution in [3.63, 3.8) is 0 Å². The van der Waals surface area contributed by atoms with E-state index in [1.54, 1.807) is 0 Å². The molecule has 20 heavy (non-hydrogen) atoms. The third-order valence-electron chi connectivity index (χ3n) is 3.30. The van der Waals surface area contributed by atoms with E-state index in [1.807, 2.05) is 54.6 Å². The van der Waals surface area contributed by atoms with Crippen molar-refractivity contribution in [3.8, 4) is 0 Å². The van der Waals surface area contributed by atoms with Gasteiger partial charge in [0.1, 0.15) is 0 Å². The number of hydrogen-bond acceptors (Lipinski definition) is 1. The molecule has 0 spiro atoms.